The highest BCUT2D eigenvalue weighted by Gasteiger charge is 2.15. The number of ether oxygens (including phenoxy) is 1. The average molecular weight is 244 g/mol. The second-order valence-electron chi connectivity index (χ2n) is 3.72. The summed E-state index contributed by atoms with van der Waals surface area (Å²) in [6, 6.07) is 6.87. The van der Waals surface area contributed by atoms with Crippen molar-refractivity contribution in [2.45, 2.75) is 0 Å². The Morgan fingerprint density at radius 1 is 1.33 bits per heavy atom. The first-order valence-corrected chi connectivity index (χ1v) is 5.34. The van der Waals surface area contributed by atoms with Gasteiger partial charge in [-0.25, -0.2) is 4.68 Å². The number of aldehydes is 1. The minimum absolute atomic E-state index is 0.302. The third kappa shape index (κ3) is 1.90. The summed E-state index contributed by atoms with van der Waals surface area (Å²) in [5.41, 5.74) is 1.04. The van der Waals surface area contributed by atoms with Crippen LogP contribution >= 0.6 is 0 Å². The zero-order valence-corrected chi connectivity index (χ0v) is 10.1. The predicted molar refractivity (Wildman–Crippen MR) is 66.9 cm³/mol. The van der Waals surface area contributed by atoms with Gasteiger partial charge in [0.25, 0.3) is 5.56 Å². The summed E-state index contributed by atoms with van der Waals surface area (Å²) in [5, 5.41) is 3.88. The fourth-order valence-corrected chi connectivity index (χ4v) is 1.75. The quantitative estimate of drug-likeness (QED) is 0.763. The first kappa shape index (κ1) is 12.0. The summed E-state index contributed by atoms with van der Waals surface area (Å²) in [6.45, 7) is 0. The molecule has 92 valence electrons. The SMILES string of the molecule is COc1cnn(C)c(=O)c1-c1ccccc1C=O. The molecule has 0 fully saturated rings. The van der Waals surface area contributed by atoms with Crippen LogP contribution in [0, 0.1) is 0 Å². The average Bonchev–Trinajstić information content (AvgIpc) is 2.41. The lowest BCUT2D eigenvalue weighted by Crippen LogP contribution is -2.22. The van der Waals surface area contributed by atoms with Gasteiger partial charge in [0.2, 0.25) is 0 Å². The Morgan fingerprint density at radius 3 is 2.72 bits per heavy atom. The number of hydrogen-bond donors (Lipinski definition) is 0. The molecule has 0 radical (unpaired) electrons. The minimum Gasteiger partial charge on any atom is -0.494 e. The van der Waals surface area contributed by atoms with Crippen LogP contribution < -0.4 is 10.3 Å². The van der Waals surface area contributed by atoms with E-state index in [1.807, 2.05) is 0 Å². The molecule has 0 unspecified atom stereocenters. The van der Waals surface area contributed by atoms with Crippen LogP contribution in [0.1, 0.15) is 10.4 Å². The van der Waals surface area contributed by atoms with Crippen LogP contribution in [0.2, 0.25) is 0 Å². The van der Waals surface area contributed by atoms with Crippen LogP contribution in [0.4, 0.5) is 0 Å². The van der Waals surface area contributed by atoms with Gasteiger partial charge < -0.3 is 4.74 Å². The molecule has 0 saturated heterocycles. The summed E-state index contributed by atoms with van der Waals surface area (Å²) in [7, 11) is 3.01. The van der Waals surface area contributed by atoms with E-state index in [1.165, 1.54) is 18.0 Å². The fraction of sp³-hybridized carbons (Fsp3) is 0.154. The van der Waals surface area contributed by atoms with Gasteiger partial charge in [0.15, 0.2) is 12.0 Å². The molecule has 0 atom stereocenters. The predicted octanol–water partition coefficient (Wildman–Crippen LogP) is 1.27. The number of carbonyl (C=O) groups excluding carboxylic acids is 1. The highest BCUT2D eigenvalue weighted by Crippen LogP contribution is 2.27. The number of carbonyl (C=O) groups is 1. The molecule has 5 nitrogen and oxygen atoms in total. The summed E-state index contributed by atoms with van der Waals surface area (Å²) in [6.07, 6.45) is 2.17. The molecule has 2 aromatic rings. The van der Waals surface area contributed by atoms with E-state index >= 15 is 0 Å². The Hall–Kier alpha value is -2.43. The van der Waals surface area contributed by atoms with Gasteiger partial charge in [0, 0.05) is 18.2 Å². The van der Waals surface area contributed by atoms with Crippen LogP contribution in [0.15, 0.2) is 35.3 Å². The molecule has 0 amide bonds. The van der Waals surface area contributed by atoms with Crippen molar-refractivity contribution in [1.29, 1.82) is 0 Å². The molecule has 0 saturated carbocycles. The highest BCUT2D eigenvalue weighted by molar-refractivity contribution is 5.88. The number of nitrogens with zero attached hydrogens (tertiary/aromatic N) is 2. The van der Waals surface area contributed by atoms with Gasteiger partial charge >= 0.3 is 0 Å². The molecule has 0 aliphatic carbocycles. The number of benzene rings is 1. The molecule has 1 aromatic heterocycles. The van der Waals surface area contributed by atoms with E-state index in [0.717, 1.165) is 0 Å². The number of aromatic nitrogens is 2. The van der Waals surface area contributed by atoms with Gasteiger partial charge in [-0.3, -0.25) is 9.59 Å². The molecule has 0 aliphatic rings. The normalized spacial score (nSPS) is 10.1. The molecule has 0 N–H and O–H groups in total. The lowest BCUT2D eigenvalue weighted by Gasteiger charge is -2.10. The minimum atomic E-state index is -0.302. The molecule has 2 rings (SSSR count). The molecule has 18 heavy (non-hydrogen) atoms. The van der Waals surface area contributed by atoms with Gasteiger partial charge in [-0.05, 0) is 0 Å². The molecular weight excluding hydrogens is 232 g/mol. The van der Waals surface area contributed by atoms with E-state index in [2.05, 4.69) is 5.10 Å². The maximum absolute atomic E-state index is 12.1. The van der Waals surface area contributed by atoms with Gasteiger partial charge in [-0.2, -0.15) is 5.10 Å². The van der Waals surface area contributed by atoms with E-state index < -0.39 is 0 Å². The van der Waals surface area contributed by atoms with Crippen LogP contribution in [-0.4, -0.2) is 23.2 Å². The number of aryl methyl sites for hydroxylation is 1. The second kappa shape index (κ2) is 4.83. The van der Waals surface area contributed by atoms with Crippen molar-refractivity contribution in [3.05, 3.63) is 46.4 Å². The van der Waals surface area contributed by atoms with Gasteiger partial charge in [-0.1, -0.05) is 24.3 Å². The van der Waals surface area contributed by atoms with Crippen LogP contribution in [-0.2, 0) is 7.05 Å². The van der Waals surface area contributed by atoms with E-state index in [0.29, 0.717) is 28.7 Å². The Balaban J connectivity index is 2.81. The lowest BCUT2D eigenvalue weighted by atomic mass is 10.0. The van der Waals surface area contributed by atoms with Crippen LogP contribution in [0.3, 0.4) is 0 Å². The monoisotopic (exact) mass is 244 g/mol. The summed E-state index contributed by atoms with van der Waals surface area (Å²) < 4.78 is 6.35. The summed E-state index contributed by atoms with van der Waals surface area (Å²) in [4.78, 5) is 23.2. The lowest BCUT2D eigenvalue weighted by molar-refractivity contribution is 0.112. The topological polar surface area (TPSA) is 61.2 Å². The molecule has 0 spiro atoms. The molecule has 0 bridgehead atoms. The fourth-order valence-electron chi connectivity index (χ4n) is 1.75. The van der Waals surface area contributed by atoms with Crippen molar-refractivity contribution in [2.75, 3.05) is 7.11 Å². The summed E-state index contributed by atoms with van der Waals surface area (Å²) in [5.74, 6) is 0.354. The van der Waals surface area contributed by atoms with E-state index in [9.17, 15) is 9.59 Å². The first-order chi connectivity index (χ1) is 8.69. The van der Waals surface area contributed by atoms with Crippen molar-refractivity contribution in [3.63, 3.8) is 0 Å². The van der Waals surface area contributed by atoms with Crippen molar-refractivity contribution < 1.29 is 9.53 Å². The molecule has 5 heteroatoms. The molecule has 0 aliphatic heterocycles. The van der Waals surface area contributed by atoms with Crippen molar-refractivity contribution in [1.82, 2.24) is 9.78 Å². The number of methoxy groups -OCH3 is 1. The van der Waals surface area contributed by atoms with E-state index in [-0.39, 0.29) is 5.56 Å². The Kier molecular flexibility index (Phi) is 3.23. The van der Waals surface area contributed by atoms with Crippen molar-refractivity contribution >= 4 is 6.29 Å². The zero-order chi connectivity index (χ0) is 13.1. The Morgan fingerprint density at radius 2 is 2.06 bits per heavy atom. The number of hydrogen-bond acceptors (Lipinski definition) is 4. The maximum Gasteiger partial charge on any atom is 0.278 e. The first-order valence-electron chi connectivity index (χ1n) is 5.34. The third-order valence-electron chi connectivity index (χ3n) is 2.68. The molecular formula is C13H12N2O3. The van der Waals surface area contributed by atoms with Crippen LogP contribution in [0.5, 0.6) is 5.75 Å². The third-order valence-corrected chi connectivity index (χ3v) is 2.68. The zero-order valence-electron chi connectivity index (χ0n) is 10.1. The summed E-state index contributed by atoms with van der Waals surface area (Å²) >= 11 is 0. The highest BCUT2D eigenvalue weighted by atomic mass is 16.5. The van der Waals surface area contributed by atoms with Gasteiger partial charge in [0.1, 0.15) is 0 Å². The maximum atomic E-state index is 12.1. The standard InChI is InChI=1S/C13H12N2O3/c1-15-13(17)12(11(18-2)7-14-15)10-6-4-3-5-9(10)8-16/h3-8H,1-2H3. The molecule has 1 aromatic carbocycles. The van der Waals surface area contributed by atoms with E-state index in [4.69, 9.17) is 4.74 Å². The smallest absolute Gasteiger partial charge is 0.278 e. The Bertz CT molecular complexity index is 647. The van der Waals surface area contributed by atoms with E-state index in [1.54, 1.807) is 31.3 Å². The Labute approximate surface area is 104 Å². The molecule has 1 heterocycles. The van der Waals surface area contributed by atoms with Crippen molar-refractivity contribution in [3.8, 4) is 16.9 Å². The van der Waals surface area contributed by atoms with Crippen LogP contribution in [0.25, 0.3) is 11.1 Å². The van der Waals surface area contributed by atoms with Gasteiger partial charge in [-0.15, -0.1) is 0 Å². The van der Waals surface area contributed by atoms with Crippen molar-refractivity contribution in [2.24, 2.45) is 7.05 Å². The number of rotatable bonds is 3. The second-order valence-corrected chi connectivity index (χ2v) is 3.72. The van der Waals surface area contributed by atoms with Gasteiger partial charge in [0.05, 0.1) is 18.9 Å². The largest absolute Gasteiger partial charge is 0.494 e.